The molecule has 0 atom stereocenters. The fourth-order valence-electron chi connectivity index (χ4n) is 3.31. The van der Waals surface area contributed by atoms with Crippen molar-refractivity contribution in [3.63, 3.8) is 0 Å². The lowest BCUT2D eigenvalue weighted by Gasteiger charge is -2.29. The molecule has 1 aliphatic heterocycles. The molecule has 30 heavy (non-hydrogen) atoms. The maximum Gasteiger partial charge on any atom is 0.270 e. The zero-order valence-corrected chi connectivity index (χ0v) is 18.0. The minimum atomic E-state index is -4.13. The molecule has 1 aliphatic rings. The number of carbonyl (C=O) groups is 1. The van der Waals surface area contributed by atoms with Gasteiger partial charge in [-0.1, -0.05) is 24.3 Å². The molecule has 0 bridgehead atoms. The molecule has 0 saturated carbocycles. The molecule has 8 heteroatoms. The first kappa shape index (κ1) is 20.3. The van der Waals surface area contributed by atoms with Gasteiger partial charge < -0.3 is 5.32 Å². The van der Waals surface area contributed by atoms with Crippen LogP contribution < -0.4 is 9.62 Å². The van der Waals surface area contributed by atoms with Crippen molar-refractivity contribution in [2.75, 3.05) is 9.62 Å². The lowest BCUT2D eigenvalue weighted by atomic mass is 10.1. The van der Waals surface area contributed by atoms with E-state index in [4.69, 9.17) is 0 Å². The summed E-state index contributed by atoms with van der Waals surface area (Å²) in [5.74, 6) is -0.996. The number of benzene rings is 2. The number of hydrogen-bond donors (Lipinski definition) is 1. The second-order valence-corrected chi connectivity index (χ2v) is 9.75. The smallest absolute Gasteiger partial charge is 0.270 e. The van der Waals surface area contributed by atoms with Crippen LogP contribution in [0.25, 0.3) is 0 Å². The van der Waals surface area contributed by atoms with E-state index in [2.05, 4.69) is 5.32 Å². The molecule has 0 amide bonds. The van der Waals surface area contributed by atoms with E-state index >= 15 is 0 Å². The zero-order chi connectivity index (χ0) is 21.5. The van der Waals surface area contributed by atoms with Crippen molar-refractivity contribution in [2.24, 2.45) is 0 Å². The van der Waals surface area contributed by atoms with Crippen LogP contribution in [-0.4, -0.2) is 14.2 Å². The Kier molecular flexibility index (Phi) is 5.21. The standard InChI is InChI=1S/C22H19FN2O3S2/c1-14-5-3-8-18(15(14)2)24-12-20-21(26)22-19(9-10-29-22)25(30(20,27)28)13-16-6-4-7-17(23)11-16/h3-12,24H,13H2,1-2H3. The fourth-order valence-corrected chi connectivity index (χ4v) is 5.79. The van der Waals surface area contributed by atoms with Gasteiger partial charge in [-0.05, 0) is 60.2 Å². The summed E-state index contributed by atoms with van der Waals surface area (Å²) < 4.78 is 41.5. The zero-order valence-electron chi connectivity index (χ0n) is 16.3. The van der Waals surface area contributed by atoms with Gasteiger partial charge in [0.2, 0.25) is 5.78 Å². The van der Waals surface area contributed by atoms with Crippen molar-refractivity contribution in [1.82, 2.24) is 0 Å². The van der Waals surface area contributed by atoms with Gasteiger partial charge in [0.1, 0.15) is 10.7 Å². The Labute approximate surface area is 178 Å². The van der Waals surface area contributed by atoms with E-state index in [0.717, 1.165) is 21.1 Å². The maximum absolute atomic E-state index is 13.6. The molecule has 4 rings (SSSR count). The van der Waals surface area contributed by atoms with Gasteiger partial charge in [-0.25, -0.2) is 12.8 Å². The summed E-state index contributed by atoms with van der Waals surface area (Å²) in [6, 6.07) is 13.0. The number of rotatable bonds is 4. The van der Waals surface area contributed by atoms with Gasteiger partial charge in [-0.15, -0.1) is 11.3 Å². The molecule has 2 aromatic carbocycles. The van der Waals surface area contributed by atoms with Crippen molar-refractivity contribution in [2.45, 2.75) is 20.4 Å². The lowest BCUT2D eigenvalue weighted by Crippen LogP contribution is -2.38. The molecule has 0 radical (unpaired) electrons. The van der Waals surface area contributed by atoms with E-state index in [-0.39, 0.29) is 11.4 Å². The number of allylic oxidation sites excluding steroid dienone is 1. The first-order valence-electron chi connectivity index (χ1n) is 9.21. The van der Waals surface area contributed by atoms with E-state index in [1.807, 2.05) is 32.0 Å². The Morgan fingerprint density at radius 1 is 1.13 bits per heavy atom. The SMILES string of the molecule is Cc1cccc(NC=C2C(=O)c3sccc3N(Cc3cccc(F)c3)S2(=O)=O)c1C. The summed E-state index contributed by atoms with van der Waals surface area (Å²) >= 11 is 1.18. The van der Waals surface area contributed by atoms with Gasteiger partial charge in [0.05, 0.1) is 12.2 Å². The van der Waals surface area contributed by atoms with Gasteiger partial charge >= 0.3 is 0 Å². The number of ketones is 1. The highest BCUT2D eigenvalue weighted by Crippen LogP contribution is 2.39. The molecule has 0 unspecified atom stereocenters. The van der Waals surface area contributed by atoms with Gasteiger partial charge in [-0.3, -0.25) is 9.10 Å². The molecule has 1 aromatic heterocycles. The summed E-state index contributed by atoms with van der Waals surface area (Å²) in [6.07, 6.45) is 1.25. The Balaban J connectivity index is 1.77. The van der Waals surface area contributed by atoms with Crippen LogP contribution in [0.2, 0.25) is 0 Å². The van der Waals surface area contributed by atoms with Crippen molar-refractivity contribution in [3.8, 4) is 0 Å². The third-order valence-corrected chi connectivity index (χ3v) is 7.76. The van der Waals surface area contributed by atoms with Crippen molar-refractivity contribution in [1.29, 1.82) is 0 Å². The minimum Gasteiger partial charge on any atom is -0.360 e. The number of sulfonamides is 1. The molecule has 2 heterocycles. The molecule has 1 N–H and O–H groups in total. The average Bonchev–Trinajstić information content (AvgIpc) is 3.18. The molecular formula is C22H19FN2O3S2. The molecular weight excluding hydrogens is 423 g/mol. The van der Waals surface area contributed by atoms with Crippen LogP contribution in [0.3, 0.4) is 0 Å². The monoisotopic (exact) mass is 442 g/mol. The van der Waals surface area contributed by atoms with Gasteiger partial charge in [0.25, 0.3) is 10.0 Å². The molecule has 0 aliphatic carbocycles. The molecule has 0 spiro atoms. The van der Waals surface area contributed by atoms with Crippen LogP contribution >= 0.6 is 11.3 Å². The molecule has 3 aromatic rings. The number of nitrogens with one attached hydrogen (secondary N) is 1. The highest BCUT2D eigenvalue weighted by atomic mass is 32.2. The maximum atomic E-state index is 13.6. The van der Waals surface area contributed by atoms with Crippen molar-refractivity contribution < 1.29 is 17.6 Å². The second-order valence-electron chi connectivity index (χ2n) is 7.01. The van der Waals surface area contributed by atoms with Crippen LogP contribution in [0.5, 0.6) is 0 Å². The average molecular weight is 443 g/mol. The quantitative estimate of drug-likeness (QED) is 0.578. The topological polar surface area (TPSA) is 66.5 Å². The Morgan fingerprint density at radius 2 is 1.90 bits per heavy atom. The third-order valence-electron chi connectivity index (χ3n) is 5.09. The third kappa shape index (κ3) is 3.53. The molecule has 0 fully saturated rings. The van der Waals surface area contributed by atoms with E-state index in [1.54, 1.807) is 17.5 Å². The largest absolute Gasteiger partial charge is 0.360 e. The van der Waals surface area contributed by atoms with Crippen molar-refractivity contribution in [3.05, 3.63) is 92.4 Å². The normalized spacial score (nSPS) is 16.6. The minimum absolute atomic E-state index is 0.0715. The summed E-state index contributed by atoms with van der Waals surface area (Å²) in [6.45, 7) is 3.80. The van der Waals surface area contributed by atoms with Crippen LogP contribution in [0, 0.1) is 19.7 Å². The number of anilines is 2. The lowest BCUT2D eigenvalue weighted by molar-refractivity contribution is 0.104. The van der Waals surface area contributed by atoms with Crippen LogP contribution in [0.4, 0.5) is 15.8 Å². The Morgan fingerprint density at radius 3 is 2.67 bits per heavy atom. The van der Waals surface area contributed by atoms with Gasteiger partial charge in [-0.2, -0.15) is 0 Å². The fraction of sp³-hybridized carbons (Fsp3) is 0.136. The first-order chi connectivity index (χ1) is 14.3. The number of Topliss-reactive ketones (excluding diaryl/α,β-unsaturated/α-hetero) is 1. The Hall–Kier alpha value is -2.97. The second kappa shape index (κ2) is 7.70. The van der Waals surface area contributed by atoms with E-state index in [9.17, 15) is 17.6 Å². The van der Waals surface area contributed by atoms with Crippen LogP contribution in [0.15, 0.2) is 65.0 Å². The van der Waals surface area contributed by atoms with Gasteiger partial charge in [0, 0.05) is 11.9 Å². The number of halogens is 1. The summed E-state index contributed by atoms with van der Waals surface area (Å²) in [4.78, 5) is 13.0. The number of nitrogens with zero attached hydrogens (tertiary/aromatic N) is 1. The summed E-state index contributed by atoms with van der Waals surface area (Å²) in [7, 11) is -4.13. The van der Waals surface area contributed by atoms with Crippen LogP contribution in [0.1, 0.15) is 26.4 Å². The predicted octanol–water partition coefficient (Wildman–Crippen LogP) is 4.99. The van der Waals surface area contributed by atoms with Crippen molar-refractivity contribution >= 4 is 38.5 Å². The number of hydrogen-bond acceptors (Lipinski definition) is 5. The first-order valence-corrected chi connectivity index (χ1v) is 11.5. The Bertz CT molecular complexity index is 1280. The molecule has 154 valence electrons. The summed E-state index contributed by atoms with van der Waals surface area (Å²) in [5.41, 5.74) is 3.54. The summed E-state index contributed by atoms with van der Waals surface area (Å²) in [5, 5.41) is 4.66. The number of thiophene rings is 1. The van der Waals surface area contributed by atoms with Crippen LogP contribution in [-0.2, 0) is 16.6 Å². The predicted molar refractivity (Wildman–Crippen MR) is 118 cm³/mol. The molecule has 5 nitrogen and oxygen atoms in total. The van der Waals surface area contributed by atoms with E-state index < -0.39 is 21.6 Å². The number of aryl methyl sites for hydroxylation is 1. The number of carbonyl (C=O) groups excluding carboxylic acids is 1. The highest BCUT2D eigenvalue weighted by Gasteiger charge is 2.41. The molecule has 0 saturated heterocycles. The van der Waals surface area contributed by atoms with E-state index in [1.165, 1.54) is 35.7 Å². The number of fused-ring (bicyclic) bond motifs is 1. The van der Waals surface area contributed by atoms with Gasteiger partial charge in [0.15, 0.2) is 4.91 Å². The van der Waals surface area contributed by atoms with E-state index in [0.29, 0.717) is 16.1 Å². The highest BCUT2D eigenvalue weighted by molar-refractivity contribution is 7.97.